The zero-order valence-electron chi connectivity index (χ0n) is 15.2. The van der Waals surface area contributed by atoms with Gasteiger partial charge in [0.1, 0.15) is 0 Å². The van der Waals surface area contributed by atoms with Crippen LogP contribution in [0, 0.1) is 0 Å². The number of nitrogens with zero attached hydrogens (tertiary/aromatic N) is 2. The smallest absolute Gasteiger partial charge is 0.255 e. The normalized spacial score (nSPS) is 10.2. The molecule has 3 rings (SSSR count). The monoisotopic (exact) mass is 365 g/mol. The summed E-state index contributed by atoms with van der Waals surface area (Å²) < 4.78 is 15.4. The Labute approximate surface area is 156 Å². The Hall–Kier alpha value is -3.61. The highest BCUT2D eigenvalue weighted by molar-refractivity contribution is 6.04. The van der Waals surface area contributed by atoms with Gasteiger partial charge in [0.25, 0.3) is 5.91 Å². The average Bonchev–Trinajstić information content (AvgIpc) is 2.73. The lowest BCUT2D eigenvalue weighted by atomic mass is 10.1. The fraction of sp³-hybridized carbons (Fsp3) is 0.150. The number of benzene rings is 2. The van der Waals surface area contributed by atoms with Gasteiger partial charge >= 0.3 is 0 Å². The maximum Gasteiger partial charge on any atom is 0.255 e. The van der Waals surface area contributed by atoms with Crippen LogP contribution in [0.25, 0.3) is 11.3 Å². The van der Waals surface area contributed by atoms with Crippen LogP contribution in [-0.4, -0.2) is 37.4 Å². The third kappa shape index (κ3) is 4.14. The third-order valence-electron chi connectivity index (χ3n) is 3.93. The van der Waals surface area contributed by atoms with E-state index in [1.807, 2.05) is 18.2 Å². The second-order valence-electron chi connectivity index (χ2n) is 5.56. The minimum absolute atomic E-state index is 0.243. The topological polar surface area (TPSA) is 82.6 Å². The Bertz CT molecular complexity index is 925. The molecule has 0 radical (unpaired) electrons. The molecule has 1 aromatic heterocycles. The highest BCUT2D eigenvalue weighted by atomic mass is 16.5. The van der Waals surface area contributed by atoms with Crippen LogP contribution in [0.5, 0.6) is 17.4 Å². The first-order chi connectivity index (χ1) is 13.1. The van der Waals surface area contributed by atoms with Crippen LogP contribution in [0.15, 0.2) is 54.6 Å². The van der Waals surface area contributed by atoms with Gasteiger partial charge in [-0.25, -0.2) is 0 Å². The van der Waals surface area contributed by atoms with Crippen LogP contribution < -0.4 is 19.5 Å². The minimum atomic E-state index is -0.243. The van der Waals surface area contributed by atoms with E-state index >= 15 is 0 Å². The van der Waals surface area contributed by atoms with E-state index in [1.54, 1.807) is 50.6 Å². The molecule has 0 aliphatic carbocycles. The highest BCUT2D eigenvalue weighted by Crippen LogP contribution is 2.28. The van der Waals surface area contributed by atoms with Crippen LogP contribution in [0.3, 0.4) is 0 Å². The first-order valence-electron chi connectivity index (χ1n) is 8.16. The van der Waals surface area contributed by atoms with E-state index in [4.69, 9.17) is 14.2 Å². The number of carbonyl (C=O) groups is 1. The van der Waals surface area contributed by atoms with Crippen molar-refractivity contribution in [3.8, 4) is 28.6 Å². The molecule has 0 bridgehead atoms. The van der Waals surface area contributed by atoms with Crippen LogP contribution in [0.4, 0.5) is 5.69 Å². The summed E-state index contributed by atoms with van der Waals surface area (Å²) in [6.45, 7) is 0. The second kappa shape index (κ2) is 8.18. The minimum Gasteiger partial charge on any atom is -0.493 e. The molecule has 1 N–H and O–H groups in total. The number of hydrogen-bond acceptors (Lipinski definition) is 6. The lowest BCUT2D eigenvalue weighted by Crippen LogP contribution is -2.12. The lowest BCUT2D eigenvalue weighted by molar-refractivity contribution is 0.102. The molecule has 3 aromatic rings. The zero-order valence-corrected chi connectivity index (χ0v) is 15.2. The van der Waals surface area contributed by atoms with Gasteiger partial charge in [-0.3, -0.25) is 4.79 Å². The van der Waals surface area contributed by atoms with Crippen molar-refractivity contribution in [1.82, 2.24) is 10.2 Å². The van der Waals surface area contributed by atoms with E-state index < -0.39 is 0 Å². The number of methoxy groups -OCH3 is 3. The quantitative estimate of drug-likeness (QED) is 0.721. The summed E-state index contributed by atoms with van der Waals surface area (Å²) in [7, 11) is 4.62. The second-order valence-corrected chi connectivity index (χ2v) is 5.56. The van der Waals surface area contributed by atoms with Crippen molar-refractivity contribution in [1.29, 1.82) is 0 Å². The van der Waals surface area contributed by atoms with Crippen LogP contribution in [0.1, 0.15) is 10.4 Å². The van der Waals surface area contributed by atoms with E-state index in [2.05, 4.69) is 15.5 Å². The van der Waals surface area contributed by atoms with Crippen molar-refractivity contribution in [2.45, 2.75) is 0 Å². The van der Waals surface area contributed by atoms with E-state index in [0.717, 1.165) is 5.56 Å². The van der Waals surface area contributed by atoms with E-state index in [-0.39, 0.29) is 5.91 Å². The summed E-state index contributed by atoms with van der Waals surface area (Å²) in [5.41, 5.74) is 2.74. The molecule has 0 unspecified atom stereocenters. The maximum absolute atomic E-state index is 12.5. The molecule has 7 nitrogen and oxygen atoms in total. The van der Waals surface area contributed by atoms with Gasteiger partial charge in [-0.15, -0.1) is 10.2 Å². The molecule has 27 heavy (non-hydrogen) atoms. The first kappa shape index (κ1) is 18.2. The van der Waals surface area contributed by atoms with Crippen molar-refractivity contribution < 1.29 is 19.0 Å². The van der Waals surface area contributed by atoms with Gasteiger partial charge in [0.15, 0.2) is 11.5 Å². The molecule has 7 heteroatoms. The molecule has 0 fully saturated rings. The standard InChI is InChI=1S/C20H19N3O4/c1-25-17-10-6-14(12-18(17)26-2)20(24)21-15-7-4-13(5-8-15)16-9-11-19(27-3)23-22-16/h4-12H,1-3H3,(H,21,24). The first-order valence-corrected chi connectivity index (χ1v) is 8.16. The van der Waals surface area contributed by atoms with E-state index in [0.29, 0.717) is 34.3 Å². The van der Waals surface area contributed by atoms with Crippen molar-refractivity contribution >= 4 is 11.6 Å². The molecule has 0 spiro atoms. The van der Waals surface area contributed by atoms with Crippen LogP contribution >= 0.6 is 0 Å². The Balaban J connectivity index is 1.73. The van der Waals surface area contributed by atoms with Gasteiger partial charge in [-0.1, -0.05) is 12.1 Å². The summed E-state index contributed by atoms with van der Waals surface area (Å²) in [6, 6.07) is 15.9. The molecule has 0 aliphatic rings. The summed E-state index contributed by atoms with van der Waals surface area (Å²) in [4.78, 5) is 12.5. The van der Waals surface area contributed by atoms with Gasteiger partial charge in [-0.05, 0) is 36.4 Å². The molecule has 1 heterocycles. The van der Waals surface area contributed by atoms with Gasteiger partial charge in [-0.2, -0.15) is 0 Å². The molecule has 0 aliphatic heterocycles. The number of amides is 1. The molecule has 2 aromatic carbocycles. The SMILES string of the molecule is COc1ccc(-c2ccc(NC(=O)c3ccc(OC)c(OC)c3)cc2)nn1. The van der Waals surface area contributed by atoms with E-state index in [9.17, 15) is 4.79 Å². The van der Waals surface area contributed by atoms with Gasteiger partial charge in [0, 0.05) is 22.9 Å². The average molecular weight is 365 g/mol. The Morgan fingerprint density at radius 3 is 2.15 bits per heavy atom. The van der Waals surface area contributed by atoms with E-state index in [1.165, 1.54) is 7.11 Å². The molecule has 0 saturated heterocycles. The molecule has 0 atom stereocenters. The Kier molecular flexibility index (Phi) is 5.51. The molecular formula is C20H19N3O4. The number of aromatic nitrogens is 2. The van der Waals surface area contributed by atoms with Gasteiger partial charge in [0.2, 0.25) is 5.88 Å². The van der Waals surface area contributed by atoms with Gasteiger partial charge < -0.3 is 19.5 Å². The number of rotatable bonds is 6. The summed E-state index contributed by atoms with van der Waals surface area (Å²) in [6.07, 6.45) is 0. The van der Waals surface area contributed by atoms with Crippen LogP contribution in [-0.2, 0) is 0 Å². The fourth-order valence-corrected chi connectivity index (χ4v) is 2.49. The predicted molar refractivity (Wildman–Crippen MR) is 102 cm³/mol. The predicted octanol–water partition coefficient (Wildman–Crippen LogP) is 3.42. The number of carbonyl (C=O) groups excluding carboxylic acids is 1. The lowest BCUT2D eigenvalue weighted by Gasteiger charge is -2.10. The van der Waals surface area contributed by atoms with Crippen LogP contribution in [0.2, 0.25) is 0 Å². The third-order valence-corrected chi connectivity index (χ3v) is 3.93. The fourth-order valence-electron chi connectivity index (χ4n) is 2.49. The molecule has 138 valence electrons. The summed E-state index contributed by atoms with van der Waals surface area (Å²) >= 11 is 0. The summed E-state index contributed by atoms with van der Waals surface area (Å²) in [5.74, 6) is 1.28. The van der Waals surface area contributed by atoms with Crippen molar-refractivity contribution in [3.05, 3.63) is 60.2 Å². The number of ether oxygens (including phenoxy) is 3. The molecule has 0 saturated carbocycles. The van der Waals surface area contributed by atoms with Crippen molar-refractivity contribution in [3.63, 3.8) is 0 Å². The van der Waals surface area contributed by atoms with Crippen molar-refractivity contribution in [2.75, 3.05) is 26.6 Å². The zero-order chi connectivity index (χ0) is 19.2. The molecule has 1 amide bonds. The number of hydrogen-bond donors (Lipinski definition) is 1. The van der Waals surface area contributed by atoms with Gasteiger partial charge in [0.05, 0.1) is 27.0 Å². The van der Waals surface area contributed by atoms with Crippen molar-refractivity contribution in [2.24, 2.45) is 0 Å². The largest absolute Gasteiger partial charge is 0.493 e. The highest BCUT2D eigenvalue weighted by Gasteiger charge is 2.11. The number of nitrogens with one attached hydrogen (secondary N) is 1. The molecular weight excluding hydrogens is 346 g/mol. The maximum atomic E-state index is 12.5. The summed E-state index contributed by atoms with van der Waals surface area (Å²) in [5, 5.41) is 10.9. The number of anilines is 1. The Morgan fingerprint density at radius 1 is 0.815 bits per heavy atom. The Morgan fingerprint density at radius 2 is 1.56 bits per heavy atom.